The molecule has 0 aliphatic carbocycles. The van der Waals surface area contributed by atoms with Crippen LogP contribution in [0.2, 0.25) is 0 Å². The van der Waals surface area contributed by atoms with Crippen molar-refractivity contribution in [2.45, 2.75) is 57.9 Å². The molecule has 0 N–H and O–H groups in total. The molecular weight excluding hydrogens is 368 g/mol. The molecule has 4 aliphatic heterocycles. The molecule has 7 heteroatoms. The summed E-state index contributed by atoms with van der Waals surface area (Å²) >= 11 is 0. The van der Waals surface area contributed by atoms with Gasteiger partial charge in [-0.15, -0.1) is 0 Å². The van der Waals surface area contributed by atoms with E-state index in [1.54, 1.807) is 0 Å². The van der Waals surface area contributed by atoms with E-state index in [-0.39, 0.29) is 23.8 Å². The standard InChI is InChI=1S/C22H30N4O3/c1-3-15(4-2)11-26-13-22-7-6-17(29-22)18(19(22)21(26)28)20(27)24-8-5-9-25-14-23-10-16(25)12-24/h6-7,10,14-15,17-19H,3-5,8-9,11-13H2,1-2H3/t17-,18?,19?,22-/m1/s1. The quantitative estimate of drug-likeness (QED) is 0.710. The molecule has 29 heavy (non-hydrogen) atoms. The Bertz CT molecular complexity index is 845. The first-order chi connectivity index (χ1) is 14.1. The minimum atomic E-state index is -0.609. The van der Waals surface area contributed by atoms with E-state index < -0.39 is 11.5 Å². The van der Waals surface area contributed by atoms with Gasteiger partial charge in [-0.05, 0) is 12.3 Å². The van der Waals surface area contributed by atoms with Crippen molar-refractivity contribution in [3.05, 3.63) is 30.4 Å². The van der Waals surface area contributed by atoms with Crippen molar-refractivity contribution >= 4 is 11.8 Å². The number of amides is 2. The lowest BCUT2D eigenvalue weighted by Gasteiger charge is -2.29. The summed E-state index contributed by atoms with van der Waals surface area (Å²) in [6.45, 7) is 7.82. The highest BCUT2D eigenvalue weighted by Gasteiger charge is 2.67. The maximum Gasteiger partial charge on any atom is 0.230 e. The molecular formula is C22H30N4O3. The minimum Gasteiger partial charge on any atom is -0.360 e. The largest absolute Gasteiger partial charge is 0.360 e. The van der Waals surface area contributed by atoms with Crippen molar-refractivity contribution in [2.75, 3.05) is 19.6 Å². The highest BCUT2D eigenvalue weighted by atomic mass is 16.5. The zero-order valence-electron chi connectivity index (χ0n) is 17.3. The van der Waals surface area contributed by atoms with Gasteiger partial charge in [0, 0.05) is 25.8 Å². The molecule has 2 fully saturated rings. The predicted octanol–water partition coefficient (Wildman–Crippen LogP) is 1.83. The van der Waals surface area contributed by atoms with Crippen LogP contribution in [0.15, 0.2) is 24.7 Å². The fraction of sp³-hybridized carbons (Fsp3) is 0.682. The smallest absolute Gasteiger partial charge is 0.230 e. The van der Waals surface area contributed by atoms with Crippen LogP contribution >= 0.6 is 0 Å². The molecule has 1 aromatic rings. The number of ether oxygens (including phenoxy) is 1. The summed E-state index contributed by atoms with van der Waals surface area (Å²) in [6.07, 6.45) is 10.5. The van der Waals surface area contributed by atoms with Crippen LogP contribution in [-0.2, 0) is 27.4 Å². The van der Waals surface area contributed by atoms with Gasteiger partial charge in [-0.1, -0.05) is 38.8 Å². The van der Waals surface area contributed by atoms with Gasteiger partial charge >= 0.3 is 0 Å². The Labute approximate surface area is 171 Å². The fourth-order valence-corrected chi connectivity index (χ4v) is 5.66. The van der Waals surface area contributed by atoms with E-state index in [4.69, 9.17) is 4.74 Å². The molecule has 0 radical (unpaired) electrons. The van der Waals surface area contributed by atoms with Crippen molar-refractivity contribution in [1.82, 2.24) is 19.4 Å². The fourth-order valence-electron chi connectivity index (χ4n) is 5.66. The van der Waals surface area contributed by atoms with E-state index in [1.807, 2.05) is 28.4 Å². The predicted molar refractivity (Wildman–Crippen MR) is 107 cm³/mol. The van der Waals surface area contributed by atoms with Gasteiger partial charge in [-0.3, -0.25) is 9.59 Å². The second-order valence-corrected chi connectivity index (χ2v) is 8.99. The van der Waals surface area contributed by atoms with E-state index in [0.717, 1.165) is 38.0 Å². The number of imidazole rings is 1. The van der Waals surface area contributed by atoms with Crippen LogP contribution in [-0.4, -0.2) is 62.5 Å². The normalized spacial score (nSPS) is 32.8. The molecule has 2 saturated heterocycles. The Balaban J connectivity index is 1.38. The average Bonchev–Trinajstić information content (AvgIpc) is 3.44. The number of likely N-dealkylation sites (tertiary alicyclic amines) is 1. The van der Waals surface area contributed by atoms with Gasteiger partial charge in [0.1, 0.15) is 5.60 Å². The highest BCUT2D eigenvalue weighted by Crippen LogP contribution is 2.52. The Morgan fingerprint density at radius 3 is 2.97 bits per heavy atom. The molecule has 5 rings (SSSR count). The summed E-state index contributed by atoms with van der Waals surface area (Å²) in [5.41, 5.74) is 0.445. The lowest BCUT2D eigenvalue weighted by molar-refractivity contribution is -0.143. The topological polar surface area (TPSA) is 67.7 Å². The molecule has 2 bridgehead atoms. The van der Waals surface area contributed by atoms with Crippen LogP contribution < -0.4 is 0 Å². The van der Waals surface area contributed by atoms with E-state index >= 15 is 0 Å². The maximum absolute atomic E-state index is 13.6. The van der Waals surface area contributed by atoms with E-state index in [9.17, 15) is 9.59 Å². The summed E-state index contributed by atoms with van der Waals surface area (Å²) in [6, 6.07) is 0. The highest BCUT2D eigenvalue weighted by molar-refractivity contribution is 5.93. The van der Waals surface area contributed by atoms with Crippen LogP contribution in [0, 0.1) is 17.8 Å². The number of carbonyl (C=O) groups excluding carboxylic acids is 2. The van der Waals surface area contributed by atoms with Crippen molar-refractivity contribution in [3.63, 3.8) is 0 Å². The first-order valence-electron chi connectivity index (χ1n) is 11.0. The van der Waals surface area contributed by atoms with Gasteiger partial charge in [-0.25, -0.2) is 4.98 Å². The van der Waals surface area contributed by atoms with Crippen LogP contribution in [0.25, 0.3) is 0 Å². The Kier molecular flexibility index (Phi) is 4.53. The SMILES string of the molecule is CCC(CC)CN1C[C@@]23C=C[C@@H](O2)C(C(=O)N2CCCn4cncc4C2)C3C1=O. The zero-order chi connectivity index (χ0) is 20.2. The van der Waals surface area contributed by atoms with Crippen LogP contribution in [0.3, 0.4) is 0 Å². The molecule has 4 atom stereocenters. The summed E-state index contributed by atoms with van der Waals surface area (Å²) < 4.78 is 8.42. The number of carbonyl (C=O) groups is 2. The van der Waals surface area contributed by atoms with Crippen molar-refractivity contribution in [1.29, 1.82) is 0 Å². The Morgan fingerprint density at radius 2 is 2.17 bits per heavy atom. The lowest BCUT2D eigenvalue weighted by atomic mass is 9.76. The van der Waals surface area contributed by atoms with E-state index in [1.165, 1.54) is 0 Å². The molecule has 4 aliphatic rings. The van der Waals surface area contributed by atoms with Crippen LogP contribution in [0.1, 0.15) is 38.8 Å². The summed E-state index contributed by atoms with van der Waals surface area (Å²) in [7, 11) is 0. The second kappa shape index (κ2) is 6.97. The molecule has 1 spiro atoms. The van der Waals surface area contributed by atoms with Crippen molar-refractivity contribution in [2.24, 2.45) is 17.8 Å². The van der Waals surface area contributed by atoms with Crippen LogP contribution in [0.5, 0.6) is 0 Å². The number of nitrogens with zero attached hydrogens (tertiary/aromatic N) is 4. The molecule has 2 unspecified atom stereocenters. The van der Waals surface area contributed by atoms with Crippen LogP contribution in [0.4, 0.5) is 0 Å². The van der Waals surface area contributed by atoms with Crippen molar-refractivity contribution < 1.29 is 14.3 Å². The molecule has 2 amide bonds. The molecule has 5 heterocycles. The first kappa shape index (κ1) is 18.9. The van der Waals surface area contributed by atoms with Gasteiger partial charge in [0.25, 0.3) is 0 Å². The molecule has 7 nitrogen and oxygen atoms in total. The summed E-state index contributed by atoms with van der Waals surface area (Å²) in [4.78, 5) is 35.1. The lowest BCUT2D eigenvalue weighted by Crippen LogP contribution is -2.46. The maximum atomic E-state index is 13.6. The van der Waals surface area contributed by atoms with Gasteiger partial charge in [0.2, 0.25) is 11.8 Å². The second-order valence-electron chi connectivity index (χ2n) is 8.99. The van der Waals surface area contributed by atoms with Gasteiger partial charge in [-0.2, -0.15) is 0 Å². The average molecular weight is 399 g/mol. The summed E-state index contributed by atoms with van der Waals surface area (Å²) in [5.74, 6) is -0.142. The number of hydrogen-bond acceptors (Lipinski definition) is 4. The summed E-state index contributed by atoms with van der Waals surface area (Å²) in [5, 5.41) is 0. The van der Waals surface area contributed by atoms with E-state index in [2.05, 4.69) is 29.5 Å². The molecule has 0 saturated carbocycles. The number of aryl methyl sites for hydroxylation is 1. The third kappa shape index (κ3) is 2.85. The monoisotopic (exact) mass is 398 g/mol. The van der Waals surface area contributed by atoms with E-state index in [0.29, 0.717) is 25.6 Å². The molecule has 156 valence electrons. The van der Waals surface area contributed by atoms with Crippen molar-refractivity contribution in [3.8, 4) is 0 Å². The zero-order valence-corrected chi connectivity index (χ0v) is 17.3. The third-order valence-corrected chi connectivity index (χ3v) is 7.39. The number of fused-ring (bicyclic) bond motifs is 2. The molecule has 1 aromatic heterocycles. The Morgan fingerprint density at radius 1 is 1.34 bits per heavy atom. The van der Waals surface area contributed by atoms with Gasteiger partial charge in [0.05, 0.1) is 43.1 Å². The number of hydrogen-bond donors (Lipinski definition) is 0. The Hall–Kier alpha value is -2.15. The first-order valence-corrected chi connectivity index (χ1v) is 11.0. The van der Waals surface area contributed by atoms with Gasteiger partial charge < -0.3 is 19.1 Å². The number of rotatable bonds is 5. The number of aromatic nitrogens is 2. The third-order valence-electron chi connectivity index (χ3n) is 7.39. The minimum absolute atomic E-state index is 0.0543. The molecule has 0 aromatic carbocycles. The van der Waals surface area contributed by atoms with Gasteiger partial charge in [0.15, 0.2) is 0 Å².